The number of hydrogen-bond acceptors (Lipinski definition) is 1. The molecule has 0 aromatic rings. The first-order chi connectivity index (χ1) is 5.90. The van der Waals surface area contributed by atoms with Crippen molar-refractivity contribution in [2.24, 2.45) is 11.8 Å². The average Bonchev–Trinajstić information content (AvgIpc) is 2.85. The van der Waals surface area contributed by atoms with E-state index in [2.05, 4.69) is 46.3 Å². The molecule has 0 radical (unpaired) electrons. The molecule has 2 atom stereocenters. The van der Waals surface area contributed by atoms with Gasteiger partial charge in [0.2, 0.25) is 0 Å². The Kier molecular flexibility index (Phi) is 2.73. The standard InChI is InChI=1S/C10H14IN/c11-6-10-5-9(10)4-8-2-1-3-12-7-8/h1-2,7,9-10,12H,3-6H2. The van der Waals surface area contributed by atoms with E-state index >= 15 is 0 Å². The van der Waals surface area contributed by atoms with Crippen LogP contribution >= 0.6 is 22.6 Å². The summed E-state index contributed by atoms with van der Waals surface area (Å²) in [6, 6.07) is 0. The molecule has 1 N–H and O–H groups in total. The summed E-state index contributed by atoms with van der Waals surface area (Å²) in [5, 5.41) is 3.25. The van der Waals surface area contributed by atoms with Crippen LogP contribution in [0.4, 0.5) is 0 Å². The minimum Gasteiger partial charge on any atom is -0.387 e. The monoisotopic (exact) mass is 275 g/mol. The highest BCUT2D eigenvalue weighted by Crippen LogP contribution is 2.44. The van der Waals surface area contributed by atoms with E-state index in [9.17, 15) is 0 Å². The predicted molar refractivity (Wildman–Crippen MR) is 60.3 cm³/mol. The van der Waals surface area contributed by atoms with Crippen LogP contribution in [0.15, 0.2) is 23.9 Å². The van der Waals surface area contributed by atoms with Gasteiger partial charge in [-0.1, -0.05) is 34.7 Å². The minimum atomic E-state index is 0.984. The molecule has 2 heteroatoms. The van der Waals surface area contributed by atoms with Gasteiger partial charge in [-0.15, -0.1) is 0 Å². The topological polar surface area (TPSA) is 12.0 Å². The van der Waals surface area contributed by atoms with E-state index < -0.39 is 0 Å². The van der Waals surface area contributed by atoms with Gasteiger partial charge >= 0.3 is 0 Å². The van der Waals surface area contributed by atoms with E-state index in [1.165, 1.54) is 22.8 Å². The van der Waals surface area contributed by atoms with Crippen molar-refractivity contribution < 1.29 is 0 Å². The smallest absolute Gasteiger partial charge is 0.0328 e. The lowest BCUT2D eigenvalue weighted by atomic mass is 10.1. The molecule has 0 saturated heterocycles. The molecule has 66 valence electrons. The van der Waals surface area contributed by atoms with Gasteiger partial charge in [-0.25, -0.2) is 0 Å². The molecule has 1 nitrogen and oxygen atoms in total. The van der Waals surface area contributed by atoms with Gasteiger partial charge in [-0.2, -0.15) is 0 Å². The molecular weight excluding hydrogens is 261 g/mol. The number of allylic oxidation sites excluding steroid dienone is 2. The zero-order valence-corrected chi connectivity index (χ0v) is 9.25. The molecule has 1 heterocycles. The van der Waals surface area contributed by atoms with Gasteiger partial charge in [0.25, 0.3) is 0 Å². The number of alkyl halides is 1. The maximum absolute atomic E-state index is 3.25. The molecule has 1 aliphatic carbocycles. The lowest BCUT2D eigenvalue weighted by Crippen LogP contribution is -2.09. The first-order valence-corrected chi connectivity index (χ1v) is 6.07. The first-order valence-electron chi connectivity index (χ1n) is 4.55. The van der Waals surface area contributed by atoms with Crippen molar-refractivity contribution in [2.45, 2.75) is 12.8 Å². The first kappa shape index (κ1) is 8.60. The highest BCUT2D eigenvalue weighted by Gasteiger charge is 2.35. The van der Waals surface area contributed by atoms with Crippen LogP contribution < -0.4 is 5.32 Å². The Labute approximate surface area is 87.4 Å². The Balaban J connectivity index is 1.80. The van der Waals surface area contributed by atoms with Gasteiger partial charge in [0.15, 0.2) is 0 Å². The second kappa shape index (κ2) is 3.81. The number of rotatable bonds is 3. The highest BCUT2D eigenvalue weighted by molar-refractivity contribution is 14.1. The highest BCUT2D eigenvalue weighted by atomic mass is 127. The lowest BCUT2D eigenvalue weighted by Gasteiger charge is -2.07. The summed E-state index contributed by atoms with van der Waals surface area (Å²) >= 11 is 2.50. The fourth-order valence-electron chi connectivity index (χ4n) is 1.70. The maximum atomic E-state index is 3.25. The molecule has 1 saturated carbocycles. The Hall–Kier alpha value is 0.01000. The van der Waals surface area contributed by atoms with E-state index in [1.807, 2.05) is 0 Å². The van der Waals surface area contributed by atoms with Gasteiger partial charge in [0.05, 0.1) is 0 Å². The van der Waals surface area contributed by atoms with E-state index in [-0.39, 0.29) is 0 Å². The van der Waals surface area contributed by atoms with Gasteiger partial charge in [0, 0.05) is 11.0 Å². The quantitative estimate of drug-likeness (QED) is 0.616. The Bertz CT molecular complexity index is 220. The van der Waals surface area contributed by atoms with E-state index in [0.29, 0.717) is 0 Å². The third kappa shape index (κ3) is 2.03. The minimum absolute atomic E-state index is 0.984. The summed E-state index contributed by atoms with van der Waals surface area (Å²) in [5.74, 6) is 2.00. The fourth-order valence-corrected chi connectivity index (χ4v) is 2.77. The molecule has 0 bridgehead atoms. The van der Waals surface area contributed by atoms with Crippen LogP contribution in [0.3, 0.4) is 0 Å². The number of halogens is 1. The molecule has 0 aromatic carbocycles. The van der Waals surface area contributed by atoms with Crippen LogP contribution in [0.1, 0.15) is 12.8 Å². The van der Waals surface area contributed by atoms with Crippen molar-refractivity contribution in [3.63, 3.8) is 0 Å². The molecule has 2 aliphatic rings. The molecule has 0 amide bonds. The molecule has 2 unspecified atom stereocenters. The summed E-state index contributed by atoms with van der Waals surface area (Å²) in [6.07, 6.45) is 9.38. The molecular formula is C10H14IN. The predicted octanol–water partition coefficient (Wildman–Crippen LogP) is 2.49. The summed E-state index contributed by atoms with van der Waals surface area (Å²) < 4.78 is 1.34. The maximum Gasteiger partial charge on any atom is 0.0328 e. The van der Waals surface area contributed by atoms with Crippen LogP contribution in [-0.2, 0) is 0 Å². The fraction of sp³-hybridized carbons (Fsp3) is 0.600. The zero-order valence-electron chi connectivity index (χ0n) is 7.09. The van der Waals surface area contributed by atoms with Crippen molar-refractivity contribution in [3.8, 4) is 0 Å². The average molecular weight is 275 g/mol. The van der Waals surface area contributed by atoms with E-state index in [1.54, 1.807) is 0 Å². The zero-order chi connectivity index (χ0) is 8.39. The second-order valence-electron chi connectivity index (χ2n) is 3.64. The van der Waals surface area contributed by atoms with Crippen molar-refractivity contribution >= 4 is 22.6 Å². The van der Waals surface area contributed by atoms with Crippen molar-refractivity contribution in [1.82, 2.24) is 5.32 Å². The van der Waals surface area contributed by atoms with Crippen molar-refractivity contribution in [3.05, 3.63) is 23.9 Å². The molecule has 0 aromatic heterocycles. The van der Waals surface area contributed by atoms with Crippen LogP contribution in [0.2, 0.25) is 0 Å². The Morgan fingerprint density at radius 2 is 2.42 bits per heavy atom. The third-order valence-electron chi connectivity index (χ3n) is 2.62. The second-order valence-corrected chi connectivity index (χ2v) is 4.52. The van der Waals surface area contributed by atoms with Gasteiger partial charge < -0.3 is 5.32 Å². The lowest BCUT2D eigenvalue weighted by molar-refractivity contribution is 0.750. The Morgan fingerprint density at radius 1 is 1.50 bits per heavy atom. The van der Waals surface area contributed by atoms with Crippen LogP contribution in [0, 0.1) is 11.8 Å². The summed E-state index contributed by atoms with van der Waals surface area (Å²) in [4.78, 5) is 0. The molecule has 0 spiro atoms. The number of hydrogen-bond donors (Lipinski definition) is 1. The van der Waals surface area contributed by atoms with Gasteiger partial charge in [-0.05, 0) is 36.5 Å². The third-order valence-corrected chi connectivity index (χ3v) is 3.75. The van der Waals surface area contributed by atoms with Gasteiger partial charge in [0.1, 0.15) is 0 Å². The number of dihydropyridines is 1. The van der Waals surface area contributed by atoms with Gasteiger partial charge in [-0.3, -0.25) is 0 Å². The van der Waals surface area contributed by atoms with E-state index in [4.69, 9.17) is 0 Å². The van der Waals surface area contributed by atoms with Crippen LogP contribution in [-0.4, -0.2) is 11.0 Å². The Morgan fingerprint density at radius 3 is 3.00 bits per heavy atom. The largest absolute Gasteiger partial charge is 0.387 e. The SMILES string of the molecule is ICC1CC1CC1=CNCC=C1. The summed E-state index contributed by atoms with van der Waals surface area (Å²) in [6.45, 7) is 1.00. The molecule has 12 heavy (non-hydrogen) atoms. The van der Waals surface area contributed by atoms with Crippen molar-refractivity contribution in [2.75, 3.05) is 11.0 Å². The summed E-state index contributed by atoms with van der Waals surface area (Å²) in [5.41, 5.74) is 1.48. The van der Waals surface area contributed by atoms with Crippen LogP contribution in [0.5, 0.6) is 0 Å². The van der Waals surface area contributed by atoms with Crippen molar-refractivity contribution in [1.29, 1.82) is 0 Å². The molecule has 2 rings (SSSR count). The molecule has 1 aliphatic heterocycles. The number of nitrogens with one attached hydrogen (secondary N) is 1. The van der Waals surface area contributed by atoms with Crippen LogP contribution in [0.25, 0.3) is 0 Å². The summed E-state index contributed by atoms with van der Waals surface area (Å²) in [7, 11) is 0. The normalized spacial score (nSPS) is 32.6. The van der Waals surface area contributed by atoms with E-state index in [0.717, 1.165) is 18.4 Å². The molecule has 1 fully saturated rings.